The van der Waals surface area contributed by atoms with Crippen molar-refractivity contribution in [3.8, 4) is 0 Å². The Morgan fingerprint density at radius 3 is 1.36 bits per heavy atom. The van der Waals surface area contributed by atoms with Crippen molar-refractivity contribution >= 4 is 11.9 Å². The molecule has 0 bridgehead atoms. The van der Waals surface area contributed by atoms with Gasteiger partial charge < -0.3 is 14.6 Å². The molecule has 0 aromatic carbocycles. The molecule has 0 aliphatic rings. The Bertz CT molecular complexity index is 534. The fourth-order valence-corrected chi connectivity index (χ4v) is 4.97. The number of hydrogen-bond donors (Lipinski definition) is 1. The number of aliphatic hydroxyl groups excluding tert-OH is 1. The van der Waals surface area contributed by atoms with Crippen LogP contribution >= 0.6 is 0 Å². The summed E-state index contributed by atoms with van der Waals surface area (Å²) in [6.07, 6.45) is 28.9. The average molecular weight is 555 g/mol. The van der Waals surface area contributed by atoms with Gasteiger partial charge in [0, 0.05) is 12.8 Å². The number of aliphatic hydroxyl groups is 1. The highest BCUT2D eigenvalue weighted by molar-refractivity contribution is 5.70. The van der Waals surface area contributed by atoms with Gasteiger partial charge in [-0.05, 0) is 18.8 Å². The van der Waals surface area contributed by atoms with E-state index < -0.39 is 6.10 Å². The van der Waals surface area contributed by atoms with Crippen molar-refractivity contribution in [3.63, 3.8) is 0 Å². The topological polar surface area (TPSA) is 72.8 Å². The van der Waals surface area contributed by atoms with Crippen molar-refractivity contribution < 1.29 is 24.2 Å². The predicted octanol–water partition coefficient (Wildman–Crippen LogP) is 9.86. The Hall–Kier alpha value is -1.10. The summed E-state index contributed by atoms with van der Waals surface area (Å²) in [6, 6.07) is 0. The van der Waals surface area contributed by atoms with E-state index in [1.807, 2.05) is 0 Å². The van der Waals surface area contributed by atoms with Gasteiger partial charge in [-0.3, -0.25) is 9.59 Å². The molecule has 0 spiro atoms. The lowest BCUT2D eigenvalue weighted by Gasteiger charge is -2.15. The Morgan fingerprint density at radius 2 is 0.949 bits per heavy atom. The van der Waals surface area contributed by atoms with Crippen LogP contribution in [0.15, 0.2) is 0 Å². The number of esters is 2. The van der Waals surface area contributed by atoms with Crippen molar-refractivity contribution in [2.24, 2.45) is 5.92 Å². The molecule has 0 heterocycles. The van der Waals surface area contributed by atoms with Crippen LogP contribution in [0.1, 0.15) is 181 Å². The normalized spacial score (nSPS) is 12.1. The van der Waals surface area contributed by atoms with Gasteiger partial charge in [0.2, 0.25) is 0 Å². The number of carbonyl (C=O) groups excluding carboxylic acids is 2. The van der Waals surface area contributed by atoms with Gasteiger partial charge >= 0.3 is 11.9 Å². The van der Waals surface area contributed by atoms with Gasteiger partial charge in [-0.25, -0.2) is 0 Å². The molecule has 39 heavy (non-hydrogen) atoms. The molecule has 1 atom stereocenters. The number of carbonyl (C=O) groups is 2. The molecule has 0 radical (unpaired) electrons. The number of unbranched alkanes of at least 4 members (excludes halogenated alkanes) is 20. The standard InChI is InChI=1S/C34H66O5/c1-4-5-6-7-17-22-25-28-34(37)39-32(29-35)30-38-33(36)27-24-21-19-16-14-12-10-8-9-11-13-15-18-20-23-26-31(2)3/h31-32,35H,4-30H2,1-3H3/t32-/m0/s1. The van der Waals surface area contributed by atoms with Crippen molar-refractivity contribution in [3.05, 3.63) is 0 Å². The third-order valence-corrected chi connectivity index (χ3v) is 7.58. The Labute approximate surface area is 242 Å². The van der Waals surface area contributed by atoms with Crippen molar-refractivity contribution in [1.29, 1.82) is 0 Å². The quantitative estimate of drug-likeness (QED) is 0.0706. The van der Waals surface area contributed by atoms with E-state index in [2.05, 4.69) is 20.8 Å². The minimum atomic E-state index is -0.759. The summed E-state index contributed by atoms with van der Waals surface area (Å²) in [5.74, 6) is 0.267. The minimum absolute atomic E-state index is 0.0591. The SMILES string of the molecule is CCCCCCCCCC(=O)O[C@@H](CO)COC(=O)CCCCCCCCCCCCCCCCCC(C)C. The first-order valence-corrected chi connectivity index (χ1v) is 17.0. The second-order valence-electron chi connectivity index (χ2n) is 12.1. The van der Waals surface area contributed by atoms with Crippen molar-refractivity contribution in [1.82, 2.24) is 0 Å². The zero-order valence-electron chi connectivity index (χ0n) is 26.3. The molecular formula is C34H66O5. The van der Waals surface area contributed by atoms with E-state index in [0.717, 1.165) is 38.0 Å². The molecule has 0 unspecified atom stereocenters. The van der Waals surface area contributed by atoms with E-state index in [-0.39, 0.29) is 25.2 Å². The number of rotatable bonds is 30. The summed E-state index contributed by atoms with van der Waals surface area (Å²) in [7, 11) is 0. The van der Waals surface area contributed by atoms with E-state index in [1.54, 1.807) is 0 Å². The lowest BCUT2D eigenvalue weighted by molar-refractivity contribution is -0.161. The predicted molar refractivity (Wildman–Crippen MR) is 164 cm³/mol. The Morgan fingerprint density at radius 1 is 0.564 bits per heavy atom. The first-order chi connectivity index (χ1) is 19.0. The van der Waals surface area contributed by atoms with Crippen molar-refractivity contribution in [2.75, 3.05) is 13.2 Å². The van der Waals surface area contributed by atoms with Crippen LogP contribution < -0.4 is 0 Å². The van der Waals surface area contributed by atoms with E-state index in [4.69, 9.17) is 9.47 Å². The summed E-state index contributed by atoms with van der Waals surface area (Å²) in [5, 5.41) is 9.45. The summed E-state index contributed by atoms with van der Waals surface area (Å²) >= 11 is 0. The van der Waals surface area contributed by atoms with Gasteiger partial charge in [-0.2, -0.15) is 0 Å². The molecular weight excluding hydrogens is 488 g/mol. The van der Waals surface area contributed by atoms with Crippen molar-refractivity contribution in [2.45, 2.75) is 187 Å². The van der Waals surface area contributed by atoms with E-state index in [1.165, 1.54) is 116 Å². The van der Waals surface area contributed by atoms with Crippen LogP contribution in [0.25, 0.3) is 0 Å². The maximum absolute atomic E-state index is 12.0. The lowest BCUT2D eigenvalue weighted by atomic mass is 10.0. The Kier molecular flexibility index (Phi) is 29.0. The lowest BCUT2D eigenvalue weighted by Crippen LogP contribution is -2.28. The molecule has 0 aromatic heterocycles. The van der Waals surface area contributed by atoms with E-state index in [9.17, 15) is 14.7 Å². The van der Waals surface area contributed by atoms with Crippen LogP contribution in [-0.2, 0) is 19.1 Å². The third kappa shape index (κ3) is 29.7. The molecule has 0 amide bonds. The van der Waals surface area contributed by atoms with Gasteiger partial charge in [0.05, 0.1) is 6.61 Å². The molecule has 0 aliphatic heterocycles. The molecule has 232 valence electrons. The Balaban J connectivity index is 3.47. The van der Waals surface area contributed by atoms with E-state index in [0.29, 0.717) is 12.8 Å². The average Bonchev–Trinajstić information content (AvgIpc) is 2.92. The largest absolute Gasteiger partial charge is 0.462 e. The van der Waals surface area contributed by atoms with Gasteiger partial charge in [0.1, 0.15) is 6.61 Å². The zero-order chi connectivity index (χ0) is 28.8. The third-order valence-electron chi connectivity index (χ3n) is 7.58. The van der Waals surface area contributed by atoms with Crippen LogP contribution in [0, 0.1) is 5.92 Å². The summed E-state index contributed by atoms with van der Waals surface area (Å²) in [5.41, 5.74) is 0. The van der Waals surface area contributed by atoms with Crippen LogP contribution in [0.5, 0.6) is 0 Å². The van der Waals surface area contributed by atoms with Crippen LogP contribution in [0.4, 0.5) is 0 Å². The van der Waals surface area contributed by atoms with Gasteiger partial charge in [0.25, 0.3) is 0 Å². The summed E-state index contributed by atoms with van der Waals surface area (Å²) in [4.78, 5) is 24.0. The van der Waals surface area contributed by atoms with Gasteiger partial charge in [-0.15, -0.1) is 0 Å². The summed E-state index contributed by atoms with van der Waals surface area (Å²) in [6.45, 7) is 6.45. The smallest absolute Gasteiger partial charge is 0.306 e. The van der Waals surface area contributed by atoms with Crippen LogP contribution in [-0.4, -0.2) is 36.4 Å². The second-order valence-corrected chi connectivity index (χ2v) is 12.1. The molecule has 0 saturated heterocycles. The minimum Gasteiger partial charge on any atom is -0.462 e. The second kappa shape index (κ2) is 29.9. The highest BCUT2D eigenvalue weighted by Crippen LogP contribution is 2.15. The first-order valence-electron chi connectivity index (χ1n) is 17.0. The fourth-order valence-electron chi connectivity index (χ4n) is 4.97. The molecule has 5 heteroatoms. The molecule has 0 fully saturated rings. The summed E-state index contributed by atoms with van der Waals surface area (Å²) < 4.78 is 10.5. The highest BCUT2D eigenvalue weighted by Gasteiger charge is 2.16. The molecule has 5 nitrogen and oxygen atoms in total. The maximum atomic E-state index is 12.0. The zero-order valence-corrected chi connectivity index (χ0v) is 26.3. The molecule has 0 saturated carbocycles. The maximum Gasteiger partial charge on any atom is 0.306 e. The fraction of sp³-hybridized carbons (Fsp3) is 0.941. The molecule has 0 rings (SSSR count). The highest BCUT2D eigenvalue weighted by atomic mass is 16.6. The molecule has 0 aliphatic carbocycles. The van der Waals surface area contributed by atoms with Gasteiger partial charge in [-0.1, -0.05) is 156 Å². The van der Waals surface area contributed by atoms with Gasteiger partial charge in [0.15, 0.2) is 6.10 Å². The number of hydrogen-bond acceptors (Lipinski definition) is 5. The monoisotopic (exact) mass is 554 g/mol. The first kappa shape index (κ1) is 37.9. The van der Waals surface area contributed by atoms with E-state index >= 15 is 0 Å². The molecule has 0 aromatic rings. The van der Waals surface area contributed by atoms with Crippen LogP contribution in [0.2, 0.25) is 0 Å². The number of ether oxygens (including phenoxy) is 2. The van der Waals surface area contributed by atoms with Crippen LogP contribution in [0.3, 0.4) is 0 Å². The molecule has 1 N–H and O–H groups in total.